The number of nitrogens with two attached hydrogens (primary N) is 1. The molecule has 2 aromatic rings. The summed E-state index contributed by atoms with van der Waals surface area (Å²) in [6, 6.07) is 0.675. The van der Waals surface area contributed by atoms with Gasteiger partial charge >= 0.3 is 6.18 Å². The molecule has 2 heterocycles. The van der Waals surface area contributed by atoms with Crippen LogP contribution in [-0.2, 0) is 26.1 Å². The number of aromatic nitrogens is 2. The Hall–Kier alpha value is -2.36. The summed E-state index contributed by atoms with van der Waals surface area (Å²) in [7, 11) is 1.25. The molecule has 3 rings (SSSR count). The Labute approximate surface area is 151 Å². The first kappa shape index (κ1) is 18.4. The molecule has 0 spiro atoms. The molecule has 2 aromatic heterocycles. The number of thiophene rings is 1. The standard InChI is InChI=1S/C16H17F3N4O2S/c1-7-3-4-8-10(5-7)26-15(12(8)13(20)24)21-14(25)9-6-11(16(17,18)19)22-23(9)2/h6-7H,3-5H2,1-2H3,(H2,20,24)(H,21,25)/t7-/m1/s1. The van der Waals surface area contributed by atoms with E-state index in [1.165, 1.54) is 18.4 Å². The van der Waals surface area contributed by atoms with Gasteiger partial charge in [-0.25, -0.2) is 0 Å². The first-order chi connectivity index (χ1) is 12.1. The predicted molar refractivity (Wildman–Crippen MR) is 90.2 cm³/mol. The van der Waals surface area contributed by atoms with Crippen LogP contribution in [0.3, 0.4) is 0 Å². The van der Waals surface area contributed by atoms with Gasteiger partial charge in [0, 0.05) is 18.0 Å². The molecule has 1 atom stereocenters. The third kappa shape index (κ3) is 3.33. The van der Waals surface area contributed by atoms with Crippen LogP contribution in [0.1, 0.15) is 50.3 Å². The molecule has 140 valence electrons. The van der Waals surface area contributed by atoms with Crippen molar-refractivity contribution in [3.05, 3.63) is 33.5 Å². The zero-order valence-corrected chi connectivity index (χ0v) is 14.9. The van der Waals surface area contributed by atoms with Gasteiger partial charge in [0.1, 0.15) is 10.7 Å². The van der Waals surface area contributed by atoms with E-state index in [1.54, 1.807) is 0 Å². The number of hydrogen-bond acceptors (Lipinski definition) is 4. The molecule has 0 aromatic carbocycles. The molecular weight excluding hydrogens is 369 g/mol. The highest BCUT2D eigenvalue weighted by molar-refractivity contribution is 7.17. The normalized spacial score (nSPS) is 17.0. The van der Waals surface area contributed by atoms with Crippen LogP contribution in [0, 0.1) is 5.92 Å². The van der Waals surface area contributed by atoms with Crippen LogP contribution in [0.15, 0.2) is 6.07 Å². The van der Waals surface area contributed by atoms with E-state index in [0.717, 1.165) is 28.0 Å². The predicted octanol–water partition coefficient (Wildman–Crippen LogP) is 2.98. The van der Waals surface area contributed by atoms with E-state index in [9.17, 15) is 22.8 Å². The molecule has 10 heteroatoms. The Kier molecular flexibility index (Phi) is 4.55. The number of rotatable bonds is 3. The van der Waals surface area contributed by atoms with Crippen LogP contribution in [0.5, 0.6) is 0 Å². The summed E-state index contributed by atoms with van der Waals surface area (Å²) >= 11 is 1.25. The summed E-state index contributed by atoms with van der Waals surface area (Å²) in [5.74, 6) is -0.977. The molecule has 2 amide bonds. The highest BCUT2D eigenvalue weighted by Gasteiger charge is 2.36. The van der Waals surface area contributed by atoms with E-state index in [1.807, 2.05) is 0 Å². The SMILES string of the molecule is C[C@@H]1CCc2c(sc(NC(=O)c3cc(C(F)(F)F)nn3C)c2C(N)=O)C1. The van der Waals surface area contributed by atoms with Crippen molar-refractivity contribution in [3.63, 3.8) is 0 Å². The molecule has 1 aliphatic rings. The van der Waals surface area contributed by atoms with Crippen LogP contribution >= 0.6 is 11.3 Å². The highest BCUT2D eigenvalue weighted by Crippen LogP contribution is 2.39. The maximum Gasteiger partial charge on any atom is 0.435 e. The van der Waals surface area contributed by atoms with Gasteiger partial charge in [0.25, 0.3) is 11.8 Å². The van der Waals surface area contributed by atoms with Gasteiger partial charge in [0.2, 0.25) is 0 Å². The van der Waals surface area contributed by atoms with Crippen molar-refractivity contribution in [1.82, 2.24) is 9.78 Å². The molecule has 0 saturated carbocycles. The van der Waals surface area contributed by atoms with Gasteiger partial charge in [-0.1, -0.05) is 6.92 Å². The number of anilines is 1. The molecule has 26 heavy (non-hydrogen) atoms. The number of alkyl halides is 3. The second kappa shape index (κ2) is 6.42. The van der Waals surface area contributed by atoms with Gasteiger partial charge in [-0.2, -0.15) is 18.3 Å². The number of nitrogens with one attached hydrogen (secondary N) is 1. The number of primary amides is 1. The van der Waals surface area contributed by atoms with Crippen molar-refractivity contribution in [2.24, 2.45) is 18.7 Å². The van der Waals surface area contributed by atoms with E-state index in [2.05, 4.69) is 17.3 Å². The van der Waals surface area contributed by atoms with Crippen LogP contribution in [0.2, 0.25) is 0 Å². The summed E-state index contributed by atoms with van der Waals surface area (Å²) < 4.78 is 39.2. The number of carbonyl (C=O) groups is 2. The van der Waals surface area contributed by atoms with E-state index < -0.39 is 23.7 Å². The number of nitrogens with zero attached hydrogens (tertiary/aromatic N) is 2. The zero-order chi connectivity index (χ0) is 19.2. The summed E-state index contributed by atoms with van der Waals surface area (Å²) in [4.78, 5) is 25.3. The Balaban J connectivity index is 1.93. The lowest BCUT2D eigenvalue weighted by molar-refractivity contribution is -0.141. The van der Waals surface area contributed by atoms with Gasteiger partial charge < -0.3 is 11.1 Å². The largest absolute Gasteiger partial charge is 0.435 e. The summed E-state index contributed by atoms with van der Waals surface area (Å²) in [6.45, 7) is 2.10. The lowest BCUT2D eigenvalue weighted by Crippen LogP contribution is -2.20. The van der Waals surface area contributed by atoms with Crippen LogP contribution in [0.4, 0.5) is 18.2 Å². The third-order valence-electron chi connectivity index (χ3n) is 4.39. The first-order valence-corrected chi connectivity index (χ1v) is 8.76. The fraction of sp³-hybridized carbons (Fsp3) is 0.438. The first-order valence-electron chi connectivity index (χ1n) is 7.94. The van der Waals surface area contributed by atoms with E-state index >= 15 is 0 Å². The van der Waals surface area contributed by atoms with E-state index in [0.29, 0.717) is 18.4 Å². The molecule has 0 aliphatic heterocycles. The highest BCUT2D eigenvalue weighted by atomic mass is 32.1. The fourth-order valence-corrected chi connectivity index (χ4v) is 4.50. The molecular formula is C16H17F3N4O2S. The molecule has 6 nitrogen and oxygen atoms in total. The number of carbonyl (C=O) groups excluding carboxylic acids is 2. The second-order valence-corrected chi connectivity index (χ2v) is 7.52. The molecule has 0 fully saturated rings. The van der Waals surface area contributed by atoms with Gasteiger partial charge in [-0.15, -0.1) is 11.3 Å². The zero-order valence-electron chi connectivity index (χ0n) is 14.1. The molecule has 1 aliphatic carbocycles. The molecule has 3 N–H and O–H groups in total. The summed E-state index contributed by atoms with van der Waals surface area (Å²) in [5.41, 5.74) is 5.15. The fourth-order valence-electron chi connectivity index (χ4n) is 3.08. The number of amides is 2. The molecule has 0 unspecified atom stereocenters. The number of aryl methyl sites for hydroxylation is 1. The molecule has 0 bridgehead atoms. The number of fused-ring (bicyclic) bond motifs is 1. The van der Waals surface area contributed by atoms with Crippen molar-refractivity contribution < 1.29 is 22.8 Å². The Morgan fingerprint density at radius 2 is 2.12 bits per heavy atom. The lowest BCUT2D eigenvalue weighted by atomic mass is 9.88. The van der Waals surface area contributed by atoms with Crippen molar-refractivity contribution >= 4 is 28.2 Å². The molecule has 0 radical (unpaired) electrons. The maximum atomic E-state index is 12.8. The second-order valence-electron chi connectivity index (χ2n) is 6.41. The maximum absolute atomic E-state index is 12.8. The van der Waals surface area contributed by atoms with Crippen molar-refractivity contribution in [1.29, 1.82) is 0 Å². The number of hydrogen-bond donors (Lipinski definition) is 2. The van der Waals surface area contributed by atoms with Crippen LogP contribution in [-0.4, -0.2) is 21.6 Å². The lowest BCUT2D eigenvalue weighted by Gasteiger charge is -2.18. The minimum atomic E-state index is -4.65. The van der Waals surface area contributed by atoms with Crippen molar-refractivity contribution in [3.8, 4) is 0 Å². The minimum absolute atomic E-state index is 0.253. The van der Waals surface area contributed by atoms with Crippen molar-refractivity contribution in [2.75, 3.05) is 5.32 Å². The smallest absolute Gasteiger partial charge is 0.365 e. The number of halogens is 3. The quantitative estimate of drug-likeness (QED) is 0.850. The van der Waals surface area contributed by atoms with Crippen molar-refractivity contribution in [2.45, 2.75) is 32.4 Å². The average Bonchev–Trinajstić information content (AvgIpc) is 3.06. The van der Waals surface area contributed by atoms with E-state index in [4.69, 9.17) is 5.73 Å². The minimum Gasteiger partial charge on any atom is -0.365 e. The van der Waals surface area contributed by atoms with E-state index in [-0.39, 0.29) is 16.3 Å². The average molecular weight is 386 g/mol. The Bertz CT molecular complexity index is 885. The molecule has 0 saturated heterocycles. The Morgan fingerprint density at radius 1 is 1.42 bits per heavy atom. The van der Waals surface area contributed by atoms with Gasteiger partial charge in [-0.05, 0) is 30.7 Å². The summed E-state index contributed by atoms with van der Waals surface area (Å²) in [6.07, 6.45) is -2.27. The summed E-state index contributed by atoms with van der Waals surface area (Å²) in [5, 5.41) is 6.13. The van der Waals surface area contributed by atoms with Crippen LogP contribution < -0.4 is 11.1 Å². The third-order valence-corrected chi connectivity index (χ3v) is 5.56. The van der Waals surface area contributed by atoms with Gasteiger partial charge in [-0.3, -0.25) is 14.3 Å². The van der Waals surface area contributed by atoms with Gasteiger partial charge in [0.05, 0.1) is 5.56 Å². The Morgan fingerprint density at radius 3 is 2.69 bits per heavy atom. The van der Waals surface area contributed by atoms with Gasteiger partial charge in [0.15, 0.2) is 5.69 Å². The topological polar surface area (TPSA) is 90.0 Å². The monoisotopic (exact) mass is 386 g/mol. The van der Waals surface area contributed by atoms with Crippen LogP contribution in [0.25, 0.3) is 0 Å².